The fraction of sp³-hybridized carbons (Fsp3) is 0.286. The predicted molar refractivity (Wildman–Crippen MR) is 75.1 cm³/mol. The molecule has 2 N–H and O–H groups in total. The smallest absolute Gasteiger partial charge is 0.251 e. The van der Waals surface area contributed by atoms with Gasteiger partial charge in [0.15, 0.2) is 0 Å². The van der Waals surface area contributed by atoms with Gasteiger partial charge in [-0.25, -0.2) is 4.98 Å². The minimum Gasteiger partial charge on any atom is -0.347 e. The van der Waals surface area contributed by atoms with E-state index >= 15 is 0 Å². The number of carbonyl (C=O) groups is 1. The van der Waals surface area contributed by atoms with E-state index in [0.29, 0.717) is 11.4 Å². The summed E-state index contributed by atoms with van der Waals surface area (Å²) in [6.07, 6.45) is 4.20. The number of imidazole rings is 1. The molecule has 2 aromatic rings. The number of aromatic amines is 1. The topological polar surface area (TPSA) is 57.8 Å². The highest BCUT2D eigenvalue weighted by atomic mass is 35.5. The van der Waals surface area contributed by atoms with Gasteiger partial charge in [-0.15, -0.1) is 11.6 Å². The van der Waals surface area contributed by atoms with E-state index in [4.69, 9.17) is 11.6 Å². The molecule has 19 heavy (non-hydrogen) atoms. The third-order valence-corrected chi connectivity index (χ3v) is 3.22. The number of amides is 1. The minimum absolute atomic E-state index is 0.109. The molecule has 0 saturated carbocycles. The maximum Gasteiger partial charge on any atom is 0.251 e. The van der Waals surface area contributed by atoms with Gasteiger partial charge in [-0.3, -0.25) is 4.79 Å². The number of benzene rings is 1. The van der Waals surface area contributed by atoms with Gasteiger partial charge in [0, 0.05) is 23.8 Å². The van der Waals surface area contributed by atoms with Crippen molar-refractivity contribution in [1.29, 1.82) is 0 Å². The fourth-order valence-electron chi connectivity index (χ4n) is 1.87. The van der Waals surface area contributed by atoms with Crippen LogP contribution in [0.4, 0.5) is 0 Å². The summed E-state index contributed by atoms with van der Waals surface area (Å²) < 4.78 is 0. The molecule has 0 bridgehead atoms. The van der Waals surface area contributed by atoms with Crippen molar-refractivity contribution in [2.24, 2.45) is 0 Å². The SMILES string of the molecule is CCC(NC(=O)c1cccc(CCl)c1)c1ncc[nH]1. The Bertz CT molecular complexity index is 539. The normalized spacial score (nSPS) is 12.1. The van der Waals surface area contributed by atoms with Crippen molar-refractivity contribution in [3.05, 3.63) is 53.6 Å². The van der Waals surface area contributed by atoms with E-state index in [1.807, 2.05) is 19.1 Å². The summed E-state index contributed by atoms with van der Waals surface area (Å²) in [6, 6.07) is 7.20. The third kappa shape index (κ3) is 3.35. The van der Waals surface area contributed by atoms with E-state index in [1.165, 1.54) is 0 Å². The molecule has 4 nitrogen and oxygen atoms in total. The maximum atomic E-state index is 12.2. The van der Waals surface area contributed by atoms with Gasteiger partial charge < -0.3 is 10.3 Å². The number of H-pyrrole nitrogens is 1. The van der Waals surface area contributed by atoms with Crippen molar-refractivity contribution in [1.82, 2.24) is 15.3 Å². The van der Waals surface area contributed by atoms with Crippen LogP contribution in [0.1, 0.15) is 41.1 Å². The first-order valence-electron chi connectivity index (χ1n) is 6.19. The van der Waals surface area contributed by atoms with Gasteiger partial charge in [0.25, 0.3) is 5.91 Å². The molecule has 1 heterocycles. The van der Waals surface area contributed by atoms with Crippen molar-refractivity contribution in [3.8, 4) is 0 Å². The number of halogens is 1. The Labute approximate surface area is 117 Å². The van der Waals surface area contributed by atoms with Crippen LogP contribution in [0.25, 0.3) is 0 Å². The molecule has 1 aromatic carbocycles. The average molecular weight is 278 g/mol. The van der Waals surface area contributed by atoms with Gasteiger partial charge >= 0.3 is 0 Å². The van der Waals surface area contributed by atoms with Gasteiger partial charge in [0.2, 0.25) is 0 Å². The van der Waals surface area contributed by atoms with E-state index in [2.05, 4.69) is 15.3 Å². The molecule has 0 radical (unpaired) electrons. The highest BCUT2D eigenvalue weighted by molar-refractivity contribution is 6.17. The Kier molecular flexibility index (Phi) is 4.58. The highest BCUT2D eigenvalue weighted by Crippen LogP contribution is 2.14. The Morgan fingerprint density at radius 1 is 1.53 bits per heavy atom. The Hall–Kier alpha value is -1.81. The molecule has 0 saturated heterocycles. The van der Waals surface area contributed by atoms with E-state index in [1.54, 1.807) is 24.5 Å². The van der Waals surface area contributed by atoms with Crippen LogP contribution in [0.2, 0.25) is 0 Å². The first-order valence-corrected chi connectivity index (χ1v) is 6.73. The van der Waals surface area contributed by atoms with Gasteiger partial charge in [-0.05, 0) is 24.1 Å². The van der Waals surface area contributed by atoms with Crippen molar-refractivity contribution in [2.45, 2.75) is 25.3 Å². The van der Waals surface area contributed by atoms with Crippen LogP contribution in [-0.4, -0.2) is 15.9 Å². The van der Waals surface area contributed by atoms with Crippen molar-refractivity contribution in [2.75, 3.05) is 0 Å². The number of aromatic nitrogens is 2. The summed E-state index contributed by atoms with van der Waals surface area (Å²) >= 11 is 5.77. The van der Waals surface area contributed by atoms with E-state index in [-0.39, 0.29) is 11.9 Å². The number of nitrogens with zero attached hydrogens (tertiary/aromatic N) is 1. The number of carbonyl (C=O) groups excluding carboxylic acids is 1. The second kappa shape index (κ2) is 6.38. The molecule has 100 valence electrons. The van der Waals surface area contributed by atoms with Crippen LogP contribution < -0.4 is 5.32 Å². The standard InChI is InChI=1S/C14H16ClN3O/c1-2-12(13-16-6-7-17-13)18-14(19)11-5-3-4-10(8-11)9-15/h3-8,12H,2,9H2,1H3,(H,16,17)(H,18,19). The van der Waals surface area contributed by atoms with Crippen LogP contribution in [-0.2, 0) is 5.88 Å². The van der Waals surface area contributed by atoms with Crippen molar-refractivity contribution in [3.63, 3.8) is 0 Å². The molecule has 5 heteroatoms. The Morgan fingerprint density at radius 2 is 2.37 bits per heavy atom. The van der Waals surface area contributed by atoms with E-state index in [9.17, 15) is 4.79 Å². The molecule has 0 spiro atoms. The first kappa shape index (κ1) is 13.6. The molecule has 1 atom stereocenters. The number of nitrogens with one attached hydrogen (secondary N) is 2. The molecular formula is C14H16ClN3O. The van der Waals surface area contributed by atoms with Crippen molar-refractivity contribution >= 4 is 17.5 Å². The molecule has 2 rings (SSSR count). The quantitative estimate of drug-likeness (QED) is 0.826. The predicted octanol–water partition coefficient (Wildman–Crippen LogP) is 3.03. The number of hydrogen-bond acceptors (Lipinski definition) is 2. The van der Waals surface area contributed by atoms with Gasteiger partial charge in [-0.2, -0.15) is 0 Å². The molecule has 0 aliphatic carbocycles. The summed E-state index contributed by atoms with van der Waals surface area (Å²) in [7, 11) is 0. The highest BCUT2D eigenvalue weighted by Gasteiger charge is 2.15. The molecule has 1 unspecified atom stereocenters. The van der Waals surface area contributed by atoms with Gasteiger partial charge in [0.1, 0.15) is 5.82 Å². The van der Waals surface area contributed by atoms with E-state index in [0.717, 1.165) is 17.8 Å². The number of alkyl halides is 1. The third-order valence-electron chi connectivity index (χ3n) is 2.91. The number of rotatable bonds is 5. The van der Waals surface area contributed by atoms with Crippen LogP contribution in [0.15, 0.2) is 36.7 Å². The maximum absolute atomic E-state index is 12.2. The zero-order valence-electron chi connectivity index (χ0n) is 10.7. The lowest BCUT2D eigenvalue weighted by atomic mass is 10.1. The molecular weight excluding hydrogens is 262 g/mol. The summed E-state index contributed by atoms with van der Waals surface area (Å²) in [6.45, 7) is 2.00. The van der Waals surface area contributed by atoms with Crippen LogP contribution in [0.5, 0.6) is 0 Å². The molecule has 0 aliphatic heterocycles. The monoisotopic (exact) mass is 277 g/mol. The average Bonchev–Trinajstić information content (AvgIpc) is 2.98. The Morgan fingerprint density at radius 3 is 3.00 bits per heavy atom. The first-order chi connectivity index (χ1) is 9.24. The van der Waals surface area contributed by atoms with Gasteiger partial charge in [-0.1, -0.05) is 19.1 Å². The molecule has 1 amide bonds. The van der Waals surface area contributed by atoms with Crippen LogP contribution >= 0.6 is 11.6 Å². The zero-order valence-corrected chi connectivity index (χ0v) is 11.4. The zero-order chi connectivity index (χ0) is 13.7. The lowest BCUT2D eigenvalue weighted by Crippen LogP contribution is -2.28. The van der Waals surface area contributed by atoms with Crippen molar-refractivity contribution < 1.29 is 4.79 Å². The van der Waals surface area contributed by atoms with Crippen LogP contribution in [0.3, 0.4) is 0 Å². The number of hydrogen-bond donors (Lipinski definition) is 2. The lowest BCUT2D eigenvalue weighted by molar-refractivity contribution is 0.0934. The second-order valence-corrected chi connectivity index (χ2v) is 4.51. The summed E-state index contributed by atoms with van der Waals surface area (Å²) in [5, 5.41) is 2.96. The van der Waals surface area contributed by atoms with Gasteiger partial charge in [0.05, 0.1) is 6.04 Å². The molecule has 1 aromatic heterocycles. The largest absolute Gasteiger partial charge is 0.347 e. The lowest BCUT2D eigenvalue weighted by Gasteiger charge is -2.14. The fourth-order valence-corrected chi connectivity index (χ4v) is 2.04. The summed E-state index contributed by atoms with van der Waals surface area (Å²) in [5.41, 5.74) is 1.54. The molecule has 0 fully saturated rings. The summed E-state index contributed by atoms with van der Waals surface area (Å²) in [5.74, 6) is 1.05. The molecule has 0 aliphatic rings. The summed E-state index contributed by atoms with van der Waals surface area (Å²) in [4.78, 5) is 19.4. The van der Waals surface area contributed by atoms with Crippen LogP contribution in [0, 0.1) is 0 Å². The second-order valence-electron chi connectivity index (χ2n) is 4.24. The Balaban J connectivity index is 2.11. The minimum atomic E-state index is -0.116. The van der Waals surface area contributed by atoms with E-state index < -0.39 is 0 Å².